The van der Waals surface area contributed by atoms with Crippen LogP contribution >= 0.6 is 0 Å². The van der Waals surface area contributed by atoms with E-state index >= 15 is 0 Å². The second-order valence-corrected chi connectivity index (χ2v) is 7.04. The molecule has 0 saturated heterocycles. The van der Waals surface area contributed by atoms with Crippen molar-refractivity contribution in [3.8, 4) is 0 Å². The van der Waals surface area contributed by atoms with Crippen LogP contribution < -0.4 is 5.73 Å². The predicted octanol–water partition coefficient (Wildman–Crippen LogP) is 3.45. The Morgan fingerprint density at radius 3 is 2.42 bits per heavy atom. The molecule has 0 bridgehead atoms. The van der Waals surface area contributed by atoms with Gasteiger partial charge in [0.15, 0.2) is 5.82 Å². The van der Waals surface area contributed by atoms with Crippen molar-refractivity contribution in [2.75, 3.05) is 6.54 Å². The van der Waals surface area contributed by atoms with E-state index in [1.165, 1.54) is 25.7 Å². The first-order valence-electron chi connectivity index (χ1n) is 7.45. The van der Waals surface area contributed by atoms with E-state index in [1.807, 2.05) is 6.92 Å². The Hall–Kier alpha value is -0.900. The van der Waals surface area contributed by atoms with Crippen molar-refractivity contribution in [1.29, 1.82) is 0 Å². The zero-order chi connectivity index (χ0) is 14.0. The summed E-state index contributed by atoms with van der Waals surface area (Å²) >= 11 is 0. The van der Waals surface area contributed by atoms with Crippen molar-refractivity contribution in [1.82, 2.24) is 10.1 Å². The zero-order valence-electron chi connectivity index (χ0n) is 12.6. The van der Waals surface area contributed by atoms with Crippen molar-refractivity contribution in [3.63, 3.8) is 0 Å². The van der Waals surface area contributed by atoms with Crippen LogP contribution in [-0.4, -0.2) is 16.7 Å². The first-order chi connectivity index (χ1) is 8.91. The molecule has 4 heteroatoms. The van der Waals surface area contributed by atoms with Crippen molar-refractivity contribution in [3.05, 3.63) is 11.7 Å². The number of hydrogen-bond acceptors (Lipinski definition) is 4. The van der Waals surface area contributed by atoms with E-state index in [2.05, 4.69) is 30.9 Å². The van der Waals surface area contributed by atoms with Crippen LogP contribution in [0.25, 0.3) is 0 Å². The topological polar surface area (TPSA) is 64.9 Å². The van der Waals surface area contributed by atoms with Crippen molar-refractivity contribution in [2.24, 2.45) is 17.1 Å². The molecule has 1 aliphatic carbocycles. The normalized spacial score (nSPS) is 26.4. The molecule has 0 radical (unpaired) electrons. The maximum absolute atomic E-state index is 5.64. The van der Waals surface area contributed by atoms with Crippen molar-refractivity contribution in [2.45, 2.75) is 65.2 Å². The number of rotatable bonds is 3. The monoisotopic (exact) mass is 265 g/mol. The van der Waals surface area contributed by atoms with Gasteiger partial charge in [-0.05, 0) is 37.0 Å². The second-order valence-electron chi connectivity index (χ2n) is 7.04. The highest BCUT2D eigenvalue weighted by molar-refractivity contribution is 5.00. The quantitative estimate of drug-likeness (QED) is 0.909. The first kappa shape index (κ1) is 14.5. The summed E-state index contributed by atoms with van der Waals surface area (Å²) < 4.78 is 5.43. The molecule has 1 aromatic heterocycles. The summed E-state index contributed by atoms with van der Waals surface area (Å²) in [5, 5.41) is 4.06. The molecule has 0 aromatic carbocycles. The highest BCUT2D eigenvalue weighted by atomic mass is 16.5. The summed E-state index contributed by atoms with van der Waals surface area (Å²) in [6.45, 7) is 9.62. The fourth-order valence-corrected chi connectivity index (χ4v) is 2.93. The van der Waals surface area contributed by atoms with Crippen LogP contribution in [0.15, 0.2) is 4.52 Å². The van der Waals surface area contributed by atoms with Crippen LogP contribution in [0.1, 0.15) is 76.9 Å². The third-order valence-electron chi connectivity index (χ3n) is 4.55. The maximum atomic E-state index is 5.64. The number of nitrogens with two attached hydrogens (primary N) is 1. The van der Waals surface area contributed by atoms with Gasteiger partial charge in [0.1, 0.15) is 0 Å². The third-order valence-corrected chi connectivity index (χ3v) is 4.55. The van der Waals surface area contributed by atoms with E-state index in [1.54, 1.807) is 0 Å². The molecule has 2 N–H and O–H groups in total. The number of aromatic nitrogens is 2. The molecule has 1 unspecified atom stereocenters. The molecule has 108 valence electrons. The second kappa shape index (κ2) is 5.61. The molecular formula is C15H27N3O. The van der Waals surface area contributed by atoms with Gasteiger partial charge in [0.05, 0.1) is 0 Å². The number of hydrogen-bond donors (Lipinski definition) is 1. The summed E-state index contributed by atoms with van der Waals surface area (Å²) in [6.07, 6.45) is 4.86. The Labute approximate surface area is 116 Å². The molecule has 1 aliphatic rings. The summed E-state index contributed by atoms with van der Waals surface area (Å²) in [4.78, 5) is 4.53. The predicted molar refractivity (Wildman–Crippen MR) is 75.9 cm³/mol. The molecule has 2 rings (SSSR count). The molecule has 0 aliphatic heterocycles. The van der Waals surface area contributed by atoms with E-state index < -0.39 is 0 Å². The van der Waals surface area contributed by atoms with Gasteiger partial charge in [-0.15, -0.1) is 0 Å². The number of nitrogens with zero attached hydrogens (tertiary/aromatic N) is 2. The standard InChI is InChI=1S/C15H27N3O/c1-10(9-16)13-17-14(19-18-13)11-5-7-12(8-6-11)15(2,3)4/h10-12H,5-9,16H2,1-4H3. The molecule has 0 amide bonds. The van der Waals surface area contributed by atoms with Crippen molar-refractivity contribution < 1.29 is 4.52 Å². The molecular weight excluding hydrogens is 238 g/mol. The average molecular weight is 265 g/mol. The van der Waals surface area contributed by atoms with Gasteiger partial charge in [-0.1, -0.05) is 32.9 Å². The zero-order valence-corrected chi connectivity index (χ0v) is 12.6. The largest absolute Gasteiger partial charge is 0.339 e. The van der Waals surface area contributed by atoms with E-state index in [0.29, 0.717) is 17.9 Å². The van der Waals surface area contributed by atoms with Gasteiger partial charge in [-0.25, -0.2) is 0 Å². The highest BCUT2D eigenvalue weighted by Crippen LogP contribution is 2.42. The summed E-state index contributed by atoms with van der Waals surface area (Å²) in [7, 11) is 0. The summed E-state index contributed by atoms with van der Waals surface area (Å²) in [5.41, 5.74) is 6.05. The minimum absolute atomic E-state index is 0.184. The van der Waals surface area contributed by atoms with Crippen LogP contribution in [0, 0.1) is 11.3 Å². The first-order valence-corrected chi connectivity index (χ1v) is 7.45. The van der Waals surface area contributed by atoms with Gasteiger partial charge in [0.2, 0.25) is 5.89 Å². The van der Waals surface area contributed by atoms with Gasteiger partial charge in [-0.3, -0.25) is 0 Å². The SMILES string of the molecule is CC(CN)c1noc(C2CCC(C(C)(C)C)CC2)n1. The average Bonchev–Trinajstić information content (AvgIpc) is 2.86. The third kappa shape index (κ3) is 3.35. The lowest BCUT2D eigenvalue weighted by molar-refractivity contribution is 0.159. The Morgan fingerprint density at radius 2 is 1.89 bits per heavy atom. The molecule has 1 atom stereocenters. The van der Waals surface area contributed by atoms with Gasteiger partial charge in [-0.2, -0.15) is 4.98 Å². The van der Waals surface area contributed by atoms with Crippen LogP contribution in [0.3, 0.4) is 0 Å². The molecule has 1 aromatic rings. The minimum Gasteiger partial charge on any atom is -0.339 e. The highest BCUT2D eigenvalue weighted by Gasteiger charge is 2.32. The molecule has 1 saturated carbocycles. The molecule has 19 heavy (non-hydrogen) atoms. The van der Waals surface area contributed by atoms with E-state index in [4.69, 9.17) is 10.3 Å². The fourth-order valence-electron chi connectivity index (χ4n) is 2.93. The summed E-state index contributed by atoms with van der Waals surface area (Å²) in [6, 6.07) is 0. The lowest BCUT2D eigenvalue weighted by atomic mass is 9.70. The molecule has 0 spiro atoms. The van der Waals surface area contributed by atoms with Crippen LogP contribution in [0.2, 0.25) is 0 Å². The van der Waals surface area contributed by atoms with E-state index in [9.17, 15) is 0 Å². The Bertz CT molecular complexity index is 400. The van der Waals surface area contributed by atoms with E-state index in [0.717, 1.165) is 17.6 Å². The van der Waals surface area contributed by atoms with Crippen LogP contribution in [0.5, 0.6) is 0 Å². The summed E-state index contributed by atoms with van der Waals surface area (Å²) in [5.74, 6) is 3.03. The minimum atomic E-state index is 0.184. The van der Waals surface area contributed by atoms with Crippen LogP contribution in [0.4, 0.5) is 0 Å². The van der Waals surface area contributed by atoms with E-state index in [-0.39, 0.29) is 5.92 Å². The molecule has 1 fully saturated rings. The van der Waals surface area contributed by atoms with Crippen LogP contribution in [-0.2, 0) is 0 Å². The van der Waals surface area contributed by atoms with Gasteiger partial charge in [0, 0.05) is 18.4 Å². The Morgan fingerprint density at radius 1 is 1.26 bits per heavy atom. The molecule has 1 heterocycles. The Kier molecular flexibility index (Phi) is 4.29. The Balaban J connectivity index is 1.96. The van der Waals surface area contributed by atoms with Crippen molar-refractivity contribution >= 4 is 0 Å². The smallest absolute Gasteiger partial charge is 0.229 e. The fraction of sp³-hybridized carbons (Fsp3) is 0.867. The maximum Gasteiger partial charge on any atom is 0.229 e. The van der Waals surface area contributed by atoms with Gasteiger partial charge in [0.25, 0.3) is 0 Å². The molecule has 4 nitrogen and oxygen atoms in total. The van der Waals surface area contributed by atoms with Gasteiger partial charge < -0.3 is 10.3 Å². The lowest BCUT2D eigenvalue weighted by Gasteiger charge is -2.35. The lowest BCUT2D eigenvalue weighted by Crippen LogP contribution is -2.25. The van der Waals surface area contributed by atoms with Gasteiger partial charge >= 0.3 is 0 Å².